The lowest BCUT2D eigenvalue weighted by Gasteiger charge is -2.26. The van der Waals surface area contributed by atoms with E-state index in [0.717, 1.165) is 51.1 Å². The number of hydrogen-bond acceptors (Lipinski definition) is 5. The average Bonchev–Trinajstić information content (AvgIpc) is 2.42. The number of hydrogen-bond donors (Lipinski definition) is 2. The molecule has 0 radical (unpaired) electrons. The predicted octanol–water partition coefficient (Wildman–Crippen LogP) is 1.57. The molecule has 3 N–H and O–H groups in total. The first-order valence-corrected chi connectivity index (χ1v) is 6.71. The van der Waals surface area contributed by atoms with E-state index in [9.17, 15) is 0 Å². The highest BCUT2D eigenvalue weighted by Crippen LogP contribution is 2.19. The molecule has 0 spiro atoms. The highest BCUT2D eigenvalue weighted by molar-refractivity contribution is 5.29. The lowest BCUT2D eigenvalue weighted by atomic mass is 9.94. The van der Waals surface area contributed by atoms with Gasteiger partial charge in [0.2, 0.25) is 0 Å². The summed E-state index contributed by atoms with van der Waals surface area (Å²) in [6.07, 6.45) is 10.9. The Kier molecular flexibility index (Phi) is 5.36. The van der Waals surface area contributed by atoms with Gasteiger partial charge in [-0.25, -0.2) is 4.98 Å². The monoisotopic (exact) mass is 250 g/mol. The van der Waals surface area contributed by atoms with Crippen molar-refractivity contribution < 1.29 is 4.74 Å². The SMILES string of the molecule is NC1CCC(OCCCNc2cnccn2)CC1. The van der Waals surface area contributed by atoms with Crippen LogP contribution in [0.15, 0.2) is 18.6 Å². The van der Waals surface area contributed by atoms with Crippen LogP contribution < -0.4 is 11.1 Å². The van der Waals surface area contributed by atoms with Crippen LogP contribution >= 0.6 is 0 Å². The second kappa shape index (κ2) is 7.28. The molecule has 1 fully saturated rings. The maximum Gasteiger partial charge on any atom is 0.144 e. The van der Waals surface area contributed by atoms with Gasteiger partial charge in [-0.15, -0.1) is 0 Å². The summed E-state index contributed by atoms with van der Waals surface area (Å²) >= 11 is 0. The van der Waals surface area contributed by atoms with Crippen LogP contribution in [-0.2, 0) is 4.74 Å². The molecular weight excluding hydrogens is 228 g/mol. The highest BCUT2D eigenvalue weighted by Gasteiger charge is 2.18. The van der Waals surface area contributed by atoms with E-state index < -0.39 is 0 Å². The minimum absolute atomic E-state index is 0.392. The van der Waals surface area contributed by atoms with Crippen molar-refractivity contribution >= 4 is 5.82 Å². The van der Waals surface area contributed by atoms with Crippen LogP contribution in [0.3, 0.4) is 0 Å². The second-order valence-electron chi connectivity index (χ2n) is 4.78. The number of nitrogens with zero attached hydrogens (tertiary/aromatic N) is 2. The summed E-state index contributed by atoms with van der Waals surface area (Å²) in [6, 6.07) is 0.392. The summed E-state index contributed by atoms with van der Waals surface area (Å²) in [5.74, 6) is 0.820. The van der Waals surface area contributed by atoms with E-state index in [2.05, 4.69) is 15.3 Å². The third kappa shape index (κ3) is 4.58. The maximum atomic E-state index is 5.86. The topological polar surface area (TPSA) is 73.1 Å². The van der Waals surface area contributed by atoms with Gasteiger partial charge in [-0.05, 0) is 32.1 Å². The zero-order valence-corrected chi connectivity index (χ0v) is 10.7. The summed E-state index contributed by atoms with van der Waals surface area (Å²) in [5, 5.41) is 3.22. The summed E-state index contributed by atoms with van der Waals surface area (Å²) in [7, 11) is 0. The summed E-state index contributed by atoms with van der Waals surface area (Å²) in [4.78, 5) is 8.14. The van der Waals surface area contributed by atoms with E-state index in [0.29, 0.717) is 12.1 Å². The largest absolute Gasteiger partial charge is 0.378 e. The average molecular weight is 250 g/mol. The Hall–Kier alpha value is -1.20. The third-order valence-electron chi connectivity index (χ3n) is 3.26. The van der Waals surface area contributed by atoms with Crippen molar-refractivity contribution in [3.05, 3.63) is 18.6 Å². The van der Waals surface area contributed by atoms with Crippen LogP contribution in [0.25, 0.3) is 0 Å². The molecule has 0 atom stereocenters. The molecular formula is C13H22N4O. The molecule has 2 rings (SSSR count). The number of nitrogens with one attached hydrogen (secondary N) is 1. The van der Waals surface area contributed by atoms with Crippen molar-refractivity contribution in [2.75, 3.05) is 18.5 Å². The van der Waals surface area contributed by atoms with Gasteiger partial charge >= 0.3 is 0 Å². The van der Waals surface area contributed by atoms with Crippen LogP contribution in [0.5, 0.6) is 0 Å². The van der Waals surface area contributed by atoms with Gasteiger partial charge in [0.05, 0.1) is 12.3 Å². The van der Waals surface area contributed by atoms with Gasteiger partial charge in [-0.2, -0.15) is 0 Å². The molecule has 1 aromatic rings. The van der Waals surface area contributed by atoms with E-state index in [1.165, 1.54) is 0 Å². The Balaban J connectivity index is 1.51. The van der Waals surface area contributed by atoms with Gasteiger partial charge in [0, 0.05) is 31.6 Å². The normalized spacial score (nSPS) is 23.8. The predicted molar refractivity (Wildman–Crippen MR) is 71.3 cm³/mol. The van der Waals surface area contributed by atoms with Crippen molar-refractivity contribution in [3.63, 3.8) is 0 Å². The maximum absolute atomic E-state index is 5.86. The fourth-order valence-corrected chi connectivity index (χ4v) is 2.18. The molecule has 0 amide bonds. The first-order valence-electron chi connectivity index (χ1n) is 6.71. The molecule has 1 saturated carbocycles. The van der Waals surface area contributed by atoms with E-state index >= 15 is 0 Å². The first-order chi connectivity index (χ1) is 8.84. The Morgan fingerprint density at radius 3 is 2.83 bits per heavy atom. The van der Waals surface area contributed by atoms with E-state index in [1.807, 2.05) is 0 Å². The van der Waals surface area contributed by atoms with Gasteiger partial charge < -0.3 is 15.8 Å². The molecule has 100 valence electrons. The quantitative estimate of drug-likeness (QED) is 0.750. The molecule has 0 saturated heterocycles. The van der Waals surface area contributed by atoms with Gasteiger partial charge in [0.15, 0.2) is 0 Å². The third-order valence-corrected chi connectivity index (χ3v) is 3.26. The van der Waals surface area contributed by atoms with Crippen LogP contribution in [0, 0.1) is 0 Å². The van der Waals surface area contributed by atoms with Crippen LogP contribution in [-0.4, -0.2) is 35.3 Å². The molecule has 5 heteroatoms. The van der Waals surface area contributed by atoms with Crippen LogP contribution in [0.1, 0.15) is 32.1 Å². The molecule has 0 unspecified atom stereocenters. The zero-order valence-electron chi connectivity index (χ0n) is 10.7. The molecule has 1 aromatic heterocycles. The fraction of sp³-hybridized carbons (Fsp3) is 0.692. The molecule has 0 bridgehead atoms. The second-order valence-corrected chi connectivity index (χ2v) is 4.78. The number of nitrogens with two attached hydrogens (primary N) is 1. The van der Waals surface area contributed by atoms with Crippen molar-refractivity contribution in [2.24, 2.45) is 5.73 Å². The van der Waals surface area contributed by atoms with Gasteiger partial charge in [0.25, 0.3) is 0 Å². The van der Waals surface area contributed by atoms with E-state index in [1.54, 1.807) is 18.6 Å². The smallest absolute Gasteiger partial charge is 0.144 e. The van der Waals surface area contributed by atoms with Gasteiger partial charge in [-0.3, -0.25) is 4.98 Å². The van der Waals surface area contributed by atoms with Crippen molar-refractivity contribution in [1.29, 1.82) is 0 Å². The van der Waals surface area contributed by atoms with Crippen molar-refractivity contribution in [3.8, 4) is 0 Å². The molecule has 0 aliphatic heterocycles. The molecule has 1 aliphatic carbocycles. The van der Waals surface area contributed by atoms with Crippen LogP contribution in [0.2, 0.25) is 0 Å². The zero-order chi connectivity index (χ0) is 12.6. The van der Waals surface area contributed by atoms with Crippen LogP contribution in [0.4, 0.5) is 5.82 Å². The molecule has 1 aliphatic rings. The van der Waals surface area contributed by atoms with Gasteiger partial charge in [-0.1, -0.05) is 0 Å². The summed E-state index contributed by atoms with van der Waals surface area (Å²) in [5.41, 5.74) is 5.86. The van der Waals surface area contributed by atoms with E-state index in [-0.39, 0.29) is 0 Å². The number of anilines is 1. The Labute approximate surface area is 108 Å². The first kappa shape index (κ1) is 13.2. The number of aromatic nitrogens is 2. The molecule has 1 heterocycles. The molecule has 0 aromatic carbocycles. The Bertz CT molecular complexity index is 325. The van der Waals surface area contributed by atoms with Gasteiger partial charge in [0.1, 0.15) is 5.82 Å². The lowest BCUT2D eigenvalue weighted by molar-refractivity contribution is 0.0251. The number of ether oxygens (including phenoxy) is 1. The lowest BCUT2D eigenvalue weighted by Crippen LogP contribution is -2.30. The Morgan fingerprint density at radius 2 is 2.11 bits per heavy atom. The standard InChI is InChI=1S/C13H22N4O/c14-11-2-4-12(5-3-11)18-9-1-6-16-13-10-15-7-8-17-13/h7-8,10-12H,1-6,9,14H2,(H,16,17). The van der Waals surface area contributed by atoms with Crippen molar-refractivity contribution in [2.45, 2.75) is 44.2 Å². The van der Waals surface area contributed by atoms with Crippen molar-refractivity contribution in [1.82, 2.24) is 9.97 Å². The molecule has 18 heavy (non-hydrogen) atoms. The summed E-state index contributed by atoms with van der Waals surface area (Å²) in [6.45, 7) is 1.66. The molecule has 5 nitrogen and oxygen atoms in total. The summed E-state index contributed by atoms with van der Waals surface area (Å²) < 4.78 is 5.84. The number of rotatable bonds is 6. The van der Waals surface area contributed by atoms with E-state index in [4.69, 9.17) is 10.5 Å². The minimum Gasteiger partial charge on any atom is -0.378 e. The highest BCUT2D eigenvalue weighted by atomic mass is 16.5. The Morgan fingerprint density at radius 1 is 1.28 bits per heavy atom. The minimum atomic E-state index is 0.392. The fourth-order valence-electron chi connectivity index (χ4n) is 2.18.